The summed E-state index contributed by atoms with van der Waals surface area (Å²) in [4.78, 5) is 26.6. The molecule has 0 aliphatic rings. The summed E-state index contributed by atoms with van der Waals surface area (Å²) in [7, 11) is -6.02. The summed E-state index contributed by atoms with van der Waals surface area (Å²) in [6, 6.07) is 30.0. The maximum atomic E-state index is 12.9. The van der Waals surface area contributed by atoms with E-state index in [9.17, 15) is 13.5 Å². The quantitative estimate of drug-likeness (QED) is 0.0336. The third-order valence-electron chi connectivity index (χ3n) is 7.52. The number of nitriles is 2. The molecule has 0 radical (unpaired) electrons. The zero-order chi connectivity index (χ0) is 46.6. The Bertz CT molecular complexity index is 2690. The van der Waals surface area contributed by atoms with Gasteiger partial charge in [0.05, 0.1) is 46.4 Å². The van der Waals surface area contributed by atoms with Gasteiger partial charge in [0.1, 0.15) is 25.3 Å². The van der Waals surface area contributed by atoms with E-state index in [2.05, 4.69) is 74.1 Å². The number of nitrogen functional groups attached to an aromatic ring is 1. The Hall–Kier alpha value is -1.46. The van der Waals surface area contributed by atoms with Crippen molar-refractivity contribution in [3.8, 4) is 34.4 Å². The summed E-state index contributed by atoms with van der Waals surface area (Å²) in [5.41, 5.74) is 11.9. The largest absolute Gasteiger partial charge is 1.00 e. The van der Waals surface area contributed by atoms with Gasteiger partial charge in [0.25, 0.3) is 6.47 Å². The molecule has 23 heteroatoms. The van der Waals surface area contributed by atoms with Gasteiger partial charge in [-0.15, -0.1) is 0 Å². The fraction of sp³-hybridized carbons (Fsp3) is 0.125. The summed E-state index contributed by atoms with van der Waals surface area (Å²) in [6.45, 7) is 6.65. The number of hydrogen-bond acceptors (Lipinski definition) is 13. The van der Waals surface area contributed by atoms with Gasteiger partial charge in [0, 0.05) is 28.7 Å². The summed E-state index contributed by atoms with van der Waals surface area (Å²) >= 11 is 23.3. The molecule has 0 fully saturated rings. The maximum Gasteiger partial charge on any atom is 1.00 e. The van der Waals surface area contributed by atoms with Gasteiger partial charge in [-0.05, 0) is 153 Å². The number of aromatic nitrogens is 4. The van der Waals surface area contributed by atoms with E-state index in [4.69, 9.17) is 62.5 Å². The third kappa shape index (κ3) is 20.9. The van der Waals surface area contributed by atoms with E-state index in [1.165, 1.54) is 6.20 Å². The van der Waals surface area contributed by atoms with E-state index in [0.717, 1.165) is 22.3 Å². The number of hydrogen-bond donors (Lipinski definition) is 2. The minimum atomic E-state index is -2.61. The smallest absolute Gasteiger partial charge is 1.00 e. The second-order valence-electron chi connectivity index (χ2n) is 12.5. The molecule has 0 spiro atoms. The van der Waals surface area contributed by atoms with Crippen LogP contribution in [0.2, 0.25) is 15.7 Å². The van der Waals surface area contributed by atoms with Crippen LogP contribution in [0.1, 0.15) is 13.9 Å². The normalized spacial score (nSPS) is 10.1. The molecule has 0 saturated heterocycles. The number of anilines is 3. The van der Waals surface area contributed by atoms with Crippen LogP contribution >= 0.6 is 80.9 Å². The molecule has 0 atom stereocenters. The van der Waals surface area contributed by atoms with Crippen LogP contribution < -0.4 is 130 Å². The topological polar surface area (TPSA) is 221 Å². The first-order chi connectivity index (χ1) is 29.2. The van der Waals surface area contributed by atoms with Gasteiger partial charge >= 0.3 is 103 Å². The number of nitrogens with zero attached hydrogens (tertiary/aromatic N) is 6. The average Bonchev–Trinajstić information content (AvgIpc) is 3.24. The van der Waals surface area contributed by atoms with E-state index in [0.29, 0.717) is 53.0 Å². The molecule has 0 saturated carbocycles. The van der Waals surface area contributed by atoms with E-state index >= 15 is 0 Å². The Morgan fingerprint density at radius 3 is 1.65 bits per heavy atom. The number of carbonyl (C=O) groups is 1. The number of rotatable bonds is 7. The SMILES string of the molecule is CP(C)(=O)c1cc(-c2cccc(C#N)c2)ccc1N.CP(C)(=O)c1cc(-c2cccc(C#N)c2)ccc1Nc1nc(Cl)ncc1Br.Clc1ncc(Br)c(Cl)n1.O=CO[O-].[2H]CF.[H-].[K+].[K+]. The second-order valence-corrected chi connectivity index (χ2v) is 21.6. The minimum absolute atomic E-state index is 0. The summed E-state index contributed by atoms with van der Waals surface area (Å²) in [6.07, 6.45) is 3.05. The van der Waals surface area contributed by atoms with Crippen molar-refractivity contribution in [2.24, 2.45) is 0 Å². The predicted octanol–water partition coefficient (Wildman–Crippen LogP) is 4.17. The Kier molecular flexibility index (Phi) is 29.1. The molecular formula is C40H36Br2Cl3FK2N8O5P2. The first-order valence-electron chi connectivity index (χ1n) is 17.4. The third-order valence-corrected chi connectivity index (χ3v) is 12.6. The van der Waals surface area contributed by atoms with Crippen LogP contribution in [-0.2, 0) is 18.8 Å². The van der Waals surface area contributed by atoms with Gasteiger partial charge in [-0.3, -0.25) is 9.18 Å². The molecule has 6 rings (SSSR count). The molecule has 2 aromatic heterocycles. The van der Waals surface area contributed by atoms with Gasteiger partial charge in [-0.2, -0.15) is 15.5 Å². The number of benzene rings is 4. The van der Waals surface area contributed by atoms with Crippen LogP contribution in [0.3, 0.4) is 0 Å². The number of carbonyl (C=O) groups excluding carboxylic acids is 1. The van der Waals surface area contributed by atoms with Crippen LogP contribution in [-0.4, -0.2) is 60.2 Å². The van der Waals surface area contributed by atoms with Crippen LogP contribution in [0, 0.1) is 22.7 Å². The molecule has 3 N–H and O–H groups in total. The molecule has 63 heavy (non-hydrogen) atoms. The molecule has 6 aromatic rings. The van der Waals surface area contributed by atoms with E-state index in [1.807, 2.05) is 66.7 Å². The molecule has 0 aliphatic carbocycles. The van der Waals surface area contributed by atoms with Crippen LogP contribution in [0.15, 0.2) is 106 Å². The fourth-order valence-corrected chi connectivity index (χ4v) is 8.10. The van der Waals surface area contributed by atoms with Crippen LogP contribution in [0.5, 0.6) is 0 Å². The van der Waals surface area contributed by atoms with E-state index < -0.39 is 21.4 Å². The standard InChI is InChI=1S/C19H15BrClN4OP.C15H15N2OP.C4HBrCl2N2.CH3F.CH2O3.2K.H/c1-27(2,26)17-9-14(13-5-3-4-12(8-13)10-22)6-7-16(17)24-18-15(20)11-23-19(21)25-18;1-19(2,18)15-9-13(6-7-14(15)17)12-5-3-4-11(8-12)10-16;5-2-1-8-4(7)9-3(2)6;1-2;2-1-4-3;;;/h3-9,11H,1-2H3,(H,23,24,25);3-9H,17H2,1-2H3;1H;1H3;1,3H;;;/q;;;;;2*+1;-1/p-1/i;;;1D;;;;. The Morgan fingerprint density at radius 2 is 1.22 bits per heavy atom. The Balaban J connectivity index is 0. The molecule has 13 nitrogen and oxygen atoms in total. The predicted molar refractivity (Wildman–Crippen MR) is 249 cm³/mol. The number of halogens is 6. The maximum absolute atomic E-state index is 12.9. The first-order valence-corrected chi connectivity index (χ1v) is 24.7. The van der Waals surface area contributed by atoms with Gasteiger partial charge in [0.15, 0.2) is 0 Å². The van der Waals surface area contributed by atoms with Crippen molar-refractivity contribution >= 4 is 115 Å². The zero-order valence-corrected chi connectivity index (χ0v) is 48.0. The van der Waals surface area contributed by atoms with Crippen LogP contribution in [0.4, 0.5) is 21.6 Å². The van der Waals surface area contributed by atoms with Crippen molar-refractivity contribution in [2.45, 2.75) is 0 Å². The number of nitrogens with two attached hydrogens (primary N) is 1. The molecule has 0 aliphatic heterocycles. The van der Waals surface area contributed by atoms with Crippen molar-refractivity contribution in [3.63, 3.8) is 0 Å². The molecule has 2 heterocycles. The molecule has 4 aromatic carbocycles. The average molecular weight is 1140 g/mol. The molecule has 0 bridgehead atoms. The zero-order valence-electron chi connectivity index (χ0n) is 36.5. The Labute approximate surface area is 484 Å². The fourth-order valence-electron chi connectivity index (χ4n) is 4.88. The van der Waals surface area contributed by atoms with Gasteiger partial charge in [0.2, 0.25) is 10.6 Å². The van der Waals surface area contributed by atoms with Gasteiger partial charge in [-0.1, -0.05) is 48.0 Å². The summed E-state index contributed by atoms with van der Waals surface area (Å²) in [5, 5.41) is 31.6. The molecule has 0 amide bonds. The first kappa shape index (κ1) is 59.6. The van der Waals surface area contributed by atoms with E-state index in [1.54, 1.807) is 51.1 Å². The number of alkyl halides is 1. The Morgan fingerprint density at radius 1 is 0.794 bits per heavy atom. The second kappa shape index (κ2) is 30.8. The van der Waals surface area contributed by atoms with Gasteiger partial charge < -0.3 is 31.8 Å². The van der Waals surface area contributed by atoms with Crippen molar-refractivity contribution in [2.75, 3.05) is 44.9 Å². The van der Waals surface area contributed by atoms with E-state index in [-0.39, 0.29) is 121 Å². The summed E-state index contributed by atoms with van der Waals surface area (Å²) in [5.74, 6) is 0.490. The van der Waals surface area contributed by atoms with Crippen LogP contribution in [0.25, 0.3) is 22.3 Å². The molecule has 320 valence electrons. The van der Waals surface area contributed by atoms with Crippen molar-refractivity contribution in [3.05, 3.63) is 133 Å². The van der Waals surface area contributed by atoms with Crippen molar-refractivity contribution in [1.82, 2.24) is 19.9 Å². The number of nitrogens with one attached hydrogen (secondary N) is 1. The summed E-state index contributed by atoms with van der Waals surface area (Å²) < 4.78 is 41.9. The molecular weight excluding hydrogens is 1100 g/mol. The van der Waals surface area contributed by atoms with Crippen molar-refractivity contribution < 1.29 is 134 Å². The van der Waals surface area contributed by atoms with Crippen molar-refractivity contribution in [1.29, 1.82) is 10.5 Å². The minimum Gasteiger partial charge on any atom is -1.00 e. The molecule has 0 unspecified atom stereocenters. The van der Waals surface area contributed by atoms with Gasteiger partial charge in [-0.25, -0.2) is 15.0 Å². The monoisotopic (exact) mass is 1130 g/mol.